The zero-order valence-electron chi connectivity index (χ0n) is 10.8. The summed E-state index contributed by atoms with van der Waals surface area (Å²) < 4.78 is 19.2. The number of ether oxygens (including phenoxy) is 1. The Hall–Kier alpha value is -1.58. The van der Waals surface area contributed by atoms with Gasteiger partial charge in [-0.3, -0.25) is 0 Å². The summed E-state index contributed by atoms with van der Waals surface area (Å²) in [6.07, 6.45) is 0. The highest BCUT2D eigenvalue weighted by molar-refractivity contribution is 6.32. The molecular weight excluding hydrogens is 265 g/mol. The first kappa shape index (κ1) is 13.8. The van der Waals surface area contributed by atoms with Gasteiger partial charge in [-0.25, -0.2) is 4.39 Å². The minimum absolute atomic E-state index is 0.292. The topological polar surface area (TPSA) is 21.3 Å². The van der Waals surface area contributed by atoms with Gasteiger partial charge in [0.25, 0.3) is 0 Å². The Morgan fingerprint density at radius 3 is 2.74 bits per heavy atom. The molecule has 0 aliphatic rings. The molecule has 0 saturated heterocycles. The smallest absolute Gasteiger partial charge is 0.150 e. The molecular formula is C15H15ClFNO. The second-order valence-corrected chi connectivity index (χ2v) is 4.68. The average molecular weight is 280 g/mol. The standard InChI is InChI=1S/C15H15ClFNO/c1-10-6-7-12(8-14(10)17)19-15-11(9-18-2)4-3-5-13(15)16/h3-8,18H,9H2,1-2H3. The van der Waals surface area contributed by atoms with Crippen molar-refractivity contribution in [2.24, 2.45) is 0 Å². The predicted octanol–water partition coefficient (Wildman–Crippen LogP) is 4.30. The van der Waals surface area contributed by atoms with E-state index in [-0.39, 0.29) is 5.82 Å². The lowest BCUT2D eigenvalue weighted by Crippen LogP contribution is -2.06. The SMILES string of the molecule is CNCc1cccc(Cl)c1Oc1ccc(C)c(F)c1. The van der Waals surface area contributed by atoms with Crippen LogP contribution < -0.4 is 10.1 Å². The monoisotopic (exact) mass is 279 g/mol. The molecule has 2 aromatic carbocycles. The molecule has 0 spiro atoms. The molecule has 0 heterocycles. The molecule has 0 atom stereocenters. The second-order valence-electron chi connectivity index (χ2n) is 4.27. The Balaban J connectivity index is 2.34. The van der Waals surface area contributed by atoms with Gasteiger partial charge >= 0.3 is 0 Å². The molecule has 19 heavy (non-hydrogen) atoms. The Labute approximate surface area is 117 Å². The van der Waals surface area contributed by atoms with E-state index in [0.717, 1.165) is 5.56 Å². The minimum Gasteiger partial charge on any atom is -0.455 e. The summed E-state index contributed by atoms with van der Waals surface area (Å²) in [5.41, 5.74) is 1.51. The Kier molecular flexibility index (Phi) is 4.40. The van der Waals surface area contributed by atoms with Gasteiger partial charge in [0.05, 0.1) is 5.02 Å². The van der Waals surface area contributed by atoms with E-state index in [0.29, 0.717) is 28.6 Å². The van der Waals surface area contributed by atoms with Crippen LogP contribution in [0.25, 0.3) is 0 Å². The third-order valence-electron chi connectivity index (χ3n) is 2.78. The van der Waals surface area contributed by atoms with E-state index >= 15 is 0 Å². The van der Waals surface area contributed by atoms with Crippen molar-refractivity contribution >= 4 is 11.6 Å². The number of rotatable bonds is 4. The number of para-hydroxylation sites is 1. The van der Waals surface area contributed by atoms with Crippen LogP contribution >= 0.6 is 11.6 Å². The number of hydrogen-bond acceptors (Lipinski definition) is 2. The molecule has 0 aliphatic carbocycles. The van der Waals surface area contributed by atoms with E-state index < -0.39 is 0 Å². The van der Waals surface area contributed by atoms with E-state index in [4.69, 9.17) is 16.3 Å². The maximum Gasteiger partial charge on any atom is 0.150 e. The van der Waals surface area contributed by atoms with Crippen LogP contribution in [0.2, 0.25) is 5.02 Å². The first-order chi connectivity index (χ1) is 9.11. The molecule has 0 bridgehead atoms. The van der Waals surface area contributed by atoms with E-state index in [9.17, 15) is 4.39 Å². The van der Waals surface area contributed by atoms with Crippen molar-refractivity contribution in [2.75, 3.05) is 7.05 Å². The van der Waals surface area contributed by atoms with Crippen molar-refractivity contribution < 1.29 is 9.13 Å². The number of benzene rings is 2. The highest BCUT2D eigenvalue weighted by atomic mass is 35.5. The molecule has 0 saturated carbocycles. The van der Waals surface area contributed by atoms with Crippen molar-refractivity contribution in [2.45, 2.75) is 13.5 Å². The molecule has 0 radical (unpaired) electrons. The van der Waals surface area contributed by atoms with Gasteiger partial charge in [-0.05, 0) is 31.7 Å². The van der Waals surface area contributed by atoms with E-state index in [1.54, 1.807) is 25.1 Å². The number of aryl methyl sites for hydroxylation is 1. The number of nitrogens with one attached hydrogen (secondary N) is 1. The van der Waals surface area contributed by atoms with Crippen LogP contribution in [0.1, 0.15) is 11.1 Å². The summed E-state index contributed by atoms with van der Waals surface area (Å²) in [4.78, 5) is 0. The predicted molar refractivity (Wildman–Crippen MR) is 75.4 cm³/mol. The van der Waals surface area contributed by atoms with Crippen LogP contribution in [0.5, 0.6) is 11.5 Å². The summed E-state index contributed by atoms with van der Waals surface area (Å²) >= 11 is 6.14. The maximum atomic E-state index is 13.5. The Morgan fingerprint density at radius 1 is 1.26 bits per heavy atom. The van der Waals surface area contributed by atoms with Crippen LogP contribution in [0.15, 0.2) is 36.4 Å². The Morgan fingerprint density at radius 2 is 2.05 bits per heavy atom. The number of halogens is 2. The lowest BCUT2D eigenvalue weighted by atomic mass is 10.2. The van der Waals surface area contributed by atoms with Crippen molar-refractivity contribution in [3.63, 3.8) is 0 Å². The third-order valence-corrected chi connectivity index (χ3v) is 3.08. The zero-order chi connectivity index (χ0) is 13.8. The number of hydrogen-bond donors (Lipinski definition) is 1. The fraction of sp³-hybridized carbons (Fsp3) is 0.200. The summed E-state index contributed by atoms with van der Waals surface area (Å²) in [5, 5.41) is 3.55. The molecule has 2 rings (SSSR count). The van der Waals surface area contributed by atoms with Crippen molar-refractivity contribution in [1.82, 2.24) is 5.32 Å². The molecule has 0 aromatic heterocycles. The van der Waals surface area contributed by atoms with Crippen LogP contribution in [0.4, 0.5) is 4.39 Å². The quantitative estimate of drug-likeness (QED) is 0.901. The normalized spacial score (nSPS) is 10.5. The Bertz CT molecular complexity index is 586. The van der Waals surface area contributed by atoms with E-state index in [1.165, 1.54) is 6.07 Å². The highest BCUT2D eigenvalue weighted by Gasteiger charge is 2.10. The van der Waals surface area contributed by atoms with Gasteiger partial charge < -0.3 is 10.1 Å². The first-order valence-corrected chi connectivity index (χ1v) is 6.35. The maximum absolute atomic E-state index is 13.5. The molecule has 1 N–H and O–H groups in total. The van der Waals surface area contributed by atoms with Gasteiger partial charge in [0.2, 0.25) is 0 Å². The molecule has 0 amide bonds. The zero-order valence-corrected chi connectivity index (χ0v) is 11.6. The fourth-order valence-corrected chi connectivity index (χ4v) is 1.99. The van der Waals surface area contributed by atoms with Crippen LogP contribution in [-0.2, 0) is 6.54 Å². The van der Waals surface area contributed by atoms with Crippen molar-refractivity contribution in [1.29, 1.82) is 0 Å². The lowest BCUT2D eigenvalue weighted by Gasteiger charge is -2.13. The van der Waals surface area contributed by atoms with Gasteiger partial charge in [-0.2, -0.15) is 0 Å². The minimum atomic E-state index is -0.292. The third kappa shape index (κ3) is 3.25. The van der Waals surface area contributed by atoms with Crippen LogP contribution in [0, 0.1) is 12.7 Å². The molecule has 2 nitrogen and oxygen atoms in total. The largest absolute Gasteiger partial charge is 0.455 e. The van der Waals surface area contributed by atoms with Crippen molar-refractivity contribution in [3.8, 4) is 11.5 Å². The fourth-order valence-electron chi connectivity index (χ4n) is 1.75. The van der Waals surface area contributed by atoms with E-state index in [2.05, 4.69) is 5.32 Å². The highest BCUT2D eigenvalue weighted by Crippen LogP contribution is 2.33. The average Bonchev–Trinajstić information content (AvgIpc) is 2.38. The molecule has 2 aromatic rings. The summed E-state index contributed by atoms with van der Waals surface area (Å²) in [6, 6.07) is 10.3. The first-order valence-electron chi connectivity index (χ1n) is 5.98. The summed E-state index contributed by atoms with van der Waals surface area (Å²) in [5.74, 6) is 0.704. The van der Waals surface area contributed by atoms with E-state index in [1.807, 2.05) is 19.2 Å². The van der Waals surface area contributed by atoms with Gasteiger partial charge in [-0.15, -0.1) is 0 Å². The van der Waals surface area contributed by atoms with Crippen LogP contribution in [-0.4, -0.2) is 7.05 Å². The second kappa shape index (κ2) is 6.04. The molecule has 0 unspecified atom stereocenters. The van der Waals surface area contributed by atoms with Gasteiger partial charge in [0, 0.05) is 18.2 Å². The summed E-state index contributed by atoms with van der Waals surface area (Å²) in [6.45, 7) is 2.34. The molecule has 0 aliphatic heterocycles. The van der Waals surface area contributed by atoms with Gasteiger partial charge in [-0.1, -0.05) is 29.8 Å². The molecule has 0 fully saturated rings. The molecule has 100 valence electrons. The van der Waals surface area contributed by atoms with Gasteiger partial charge in [0.1, 0.15) is 17.3 Å². The van der Waals surface area contributed by atoms with Crippen molar-refractivity contribution in [3.05, 3.63) is 58.4 Å². The summed E-state index contributed by atoms with van der Waals surface area (Å²) in [7, 11) is 1.84. The van der Waals surface area contributed by atoms with Crippen LogP contribution in [0.3, 0.4) is 0 Å². The lowest BCUT2D eigenvalue weighted by molar-refractivity contribution is 0.468. The molecule has 4 heteroatoms. The van der Waals surface area contributed by atoms with Gasteiger partial charge in [0.15, 0.2) is 0 Å².